The number of nitrogens with zero attached hydrogens (tertiary/aromatic N) is 2. The van der Waals surface area contributed by atoms with Crippen LogP contribution in [0.25, 0.3) is 0 Å². The molecule has 0 aliphatic carbocycles. The van der Waals surface area contributed by atoms with E-state index >= 15 is 0 Å². The van der Waals surface area contributed by atoms with Crippen LogP contribution in [0, 0.1) is 6.92 Å². The molecule has 32 heavy (non-hydrogen) atoms. The Morgan fingerprint density at radius 2 is 1.84 bits per heavy atom. The van der Waals surface area contributed by atoms with Gasteiger partial charge in [-0.1, -0.05) is 51.1 Å². The number of carbonyl (C=O) groups excluding carboxylic acids is 2. The second-order valence-electron chi connectivity index (χ2n) is 9.07. The average molecular weight is 431 g/mol. The maximum absolute atomic E-state index is 13.3. The number of hydrogen-bond acceptors (Lipinski definition) is 5. The fourth-order valence-electron chi connectivity index (χ4n) is 3.94. The zero-order chi connectivity index (χ0) is 23.0. The maximum atomic E-state index is 13.3. The fourth-order valence-corrected chi connectivity index (χ4v) is 3.94. The van der Waals surface area contributed by atoms with Gasteiger partial charge in [0.15, 0.2) is 11.5 Å². The predicted octanol–water partition coefficient (Wildman–Crippen LogP) is 5.06. The molecule has 0 saturated carbocycles. The lowest BCUT2D eigenvalue weighted by molar-refractivity contribution is -0.130. The molecule has 3 aromatic rings. The first-order chi connectivity index (χ1) is 15.2. The van der Waals surface area contributed by atoms with Crippen LogP contribution in [0.4, 0.5) is 0 Å². The molecule has 1 unspecified atom stereocenters. The molecule has 2 aromatic heterocycles. The van der Waals surface area contributed by atoms with Gasteiger partial charge in [0.2, 0.25) is 5.78 Å². The molecule has 6 nitrogen and oxygen atoms in total. The quantitative estimate of drug-likeness (QED) is 0.572. The standard InChI is InChI=1S/C26H26N2O4/c1-16-7-12-20(32-16)23(29)21-22(18-8-10-19(11-9-18)26(2,3)4)28(25(31)24(21)30)15-17-6-5-13-27-14-17/h5-14,22,30H,15H2,1-4H3. The smallest absolute Gasteiger partial charge is 0.290 e. The molecule has 6 heteroatoms. The number of furan rings is 1. The van der Waals surface area contributed by atoms with Crippen LogP contribution < -0.4 is 0 Å². The Morgan fingerprint density at radius 1 is 1.12 bits per heavy atom. The van der Waals surface area contributed by atoms with E-state index in [2.05, 4.69) is 25.8 Å². The summed E-state index contributed by atoms with van der Waals surface area (Å²) in [6.07, 6.45) is 3.32. The Hall–Kier alpha value is -3.67. The molecule has 1 atom stereocenters. The Kier molecular flexibility index (Phi) is 5.46. The SMILES string of the molecule is Cc1ccc(C(=O)C2=C(O)C(=O)N(Cc3cccnc3)C2c2ccc(C(C)(C)C)cc2)o1. The molecule has 0 radical (unpaired) electrons. The van der Waals surface area contributed by atoms with E-state index in [4.69, 9.17) is 4.42 Å². The molecular formula is C26H26N2O4. The van der Waals surface area contributed by atoms with Crippen LogP contribution >= 0.6 is 0 Å². The van der Waals surface area contributed by atoms with E-state index < -0.39 is 23.5 Å². The van der Waals surface area contributed by atoms with Gasteiger partial charge >= 0.3 is 0 Å². The van der Waals surface area contributed by atoms with Crippen molar-refractivity contribution in [3.05, 3.63) is 100 Å². The van der Waals surface area contributed by atoms with Crippen molar-refractivity contribution in [2.75, 3.05) is 0 Å². The topological polar surface area (TPSA) is 83.6 Å². The molecule has 0 saturated heterocycles. The van der Waals surface area contributed by atoms with E-state index in [0.29, 0.717) is 5.76 Å². The van der Waals surface area contributed by atoms with Crippen LogP contribution in [-0.4, -0.2) is 26.7 Å². The van der Waals surface area contributed by atoms with E-state index in [9.17, 15) is 14.7 Å². The largest absolute Gasteiger partial charge is 0.503 e. The third-order valence-electron chi connectivity index (χ3n) is 5.68. The number of amides is 1. The van der Waals surface area contributed by atoms with Gasteiger partial charge < -0.3 is 14.4 Å². The minimum absolute atomic E-state index is 0.0248. The Morgan fingerprint density at radius 3 is 2.41 bits per heavy atom. The lowest BCUT2D eigenvalue weighted by Crippen LogP contribution is -2.30. The molecule has 1 aliphatic heterocycles. The lowest BCUT2D eigenvalue weighted by Gasteiger charge is -2.27. The number of pyridine rings is 1. The fraction of sp³-hybridized carbons (Fsp3) is 0.269. The summed E-state index contributed by atoms with van der Waals surface area (Å²) in [6.45, 7) is 8.31. The molecule has 0 spiro atoms. The van der Waals surface area contributed by atoms with Gasteiger partial charge in [-0.15, -0.1) is 0 Å². The van der Waals surface area contributed by atoms with Crippen molar-refractivity contribution in [1.29, 1.82) is 0 Å². The Labute approximate surface area is 187 Å². The van der Waals surface area contributed by atoms with Gasteiger partial charge in [0.1, 0.15) is 5.76 Å². The molecule has 1 aliphatic rings. The number of rotatable bonds is 5. The lowest BCUT2D eigenvalue weighted by atomic mass is 9.85. The maximum Gasteiger partial charge on any atom is 0.290 e. The van der Waals surface area contributed by atoms with Crippen molar-refractivity contribution in [1.82, 2.24) is 9.88 Å². The van der Waals surface area contributed by atoms with Crippen LogP contribution in [0.3, 0.4) is 0 Å². The van der Waals surface area contributed by atoms with Crippen molar-refractivity contribution in [3.8, 4) is 0 Å². The van der Waals surface area contributed by atoms with E-state index in [-0.39, 0.29) is 23.3 Å². The molecule has 164 valence electrons. The van der Waals surface area contributed by atoms with Crippen LogP contribution in [0.2, 0.25) is 0 Å². The average Bonchev–Trinajstić information content (AvgIpc) is 3.30. The van der Waals surface area contributed by atoms with Crippen LogP contribution in [0.15, 0.2) is 76.7 Å². The summed E-state index contributed by atoms with van der Waals surface area (Å²) in [5.74, 6) is -0.960. The predicted molar refractivity (Wildman–Crippen MR) is 120 cm³/mol. The zero-order valence-electron chi connectivity index (χ0n) is 18.6. The molecular weight excluding hydrogens is 404 g/mol. The number of hydrogen-bond donors (Lipinski definition) is 1. The van der Waals surface area contributed by atoms with E-state index in [0.717, 1.165) is 16.7 Å². The van der Waals surface area contributed by atoms with E-state index in [1.165, 1.54) is 4.90 Å². The molecule has 4 rings (SSSR count). The van der Waals surface area contributed by atoms with Gasteiger partial charge in [-0.25, -0.2) is 0 Å². The van der Waals surface area contributed by atoms with Crippen molar-refractivity contribution < 1.29 is 19.1 Å². The first-order valence-corrected chi connectivity index (χ1v) is 10.5. The normalized spacial score (nSPS) is 16.7. The van der Waals surface area contributed by atoms with E-state index in [1.807, 2.05) is 30.3 Å². The van der Waals surface area contributed by atoms with Gasteiger partial charge in [-0.3, -0.25) is 14.6 Å². The first-order valence-electron chi connectivity index (χ1n) is 10.5. The van der Waals surface area contributed by atoms with Crippen molar-refractivity contribution in [2.24, 2.45) is 0 Å². The van der Waals surface area contributed by atoms with Crippen molar-refractivity contribution in [3.63, 3.8) is 0 Å². The van der Waals surface area contributed by atoms with Crippen molar-refractivity contribution >= 4 is 11.7 Å². The molecule has 0 fully saturated rings. The highest BCUT2D eigenvalue weighted by atomic mass is 16.3. The van der Waals surface area contributed by atoms with Crippen molar-refractivity contribution in [2.45, 2.75) is 45.7 Å². The summed E-state index contributed by atoms with van der Waals surface area (Å²) in [5, 5.41) is 10.8. The van der Waals surface area contributed by atoms with E-state index in [1.54, 1.807) is 37.5 Å². The summed E-state index contributed by atoms with van der Waals surface area (Å²) in [7, 11) is 0. The minimum atomic E-state index is -0.741. The van der Waals surface area contributed by atoms with Crippen LogP contribution in [0.5, 0.6) is 0 Å². The molecule has 1 aromatic carbocycles. The number of carbonyl (C=O) groups is 2. The Bertz CT molecular complexity index is 1180. The first kappa shape index (κ1) is 21.6. The number of aromatic nitrogens is 1. The van der Waals surface area contributed by atoms with Gasteiger partial charge in [0.05, 0.1) is 11.6 Å². The number of aryl methyl sites for hydroxylation is 1. The second kappa shape index (κ2) is 8.11. The highest BCUT2D eigenvalue weighted by molar-refractivity contribution is 6.15. The third-order valence-corrected chi connectivity index (χ3v) is 5.68. The molecule has 0 bridgehead atoms. The number of Topliss-reactive ketones (excluding diaryl/α,β-unsaturated/α-hetero) is 1. The third kappa shape index (κ3) is 3.96. The summed E-state index contributed by atoms with van der Waals surface area (Å²) in [5.41, 5.74) is 2.66. The number of aliphatic hydroxyl groups is 1. The molecule has 3 heterocycles. The summed E-state index contributed by atoms with van der Waals surface area (Å²) >= 11 is 0. The minimum Gasteiger partial charge on any atom is -0.503 e. The number of ketones is 1. The highest BCUT2D eigenvalue weighted by Crippen LogP contribution is 2.40. The number of aliphatic hydroxyl groups excluding tert-OH is 1. The molecule has 1 amide bonds. The number of benzene rings is 1. The summed E-state index contributed by atoms with van der Waals surface area (Å²) < 4.78 is 5.51. The monoisotopic (exact) mass is 430 g/mol. The highest BCUT2D eigenvalue weighted by Gasteiger charge is 2.44. The van der Waals surface area contributed by atoms with Gasteiger partial charge in [0, 0.05) is 18.9 Å². The van der Waals surface area contributed by atoms with Crippen LogP contribution in [-0.2, 0) is 16.8 Å². The van der Waals surface area contributed by atoms with Crippen LogP contribution in [0.1, 0.15) is 59.8 Å². The van der Waals surface area contributed by atoms with Gasteiger partial charge in [0.25, 0.3) is 5.91 Å². The van der Waals surface area contributed by atoms with Gasteiger partial charge in [-0.05, 0) is 47.2 Å². The summed E-state index contributed by atoms with van der Waals surface area (Å²) in [6, 6.07) is 14.0. The Balaban J connectivity index is 1.79. The zero-order valence-corrected chi connectivity index (χ0v) is 18.6. The second-order valence-corrected chi connectivity index (χ2v) is 9.07. The molecule has 1 N–H and O–H groups in total. The summed E-state index contributed by atoms with van der Waals surface area (Å²) in [4.78, 5) is 32.0. The van der Waals surface area contributed by atoms with Gasteiger partial charge in [-0.2, -0.15) is 0 Å².